The monoisotopic (exact) mass is 253 g/mol. The first kappa shape index (κ1) is 15.1. The first-order valence-corrected chi connectivity index (χ1v) is 6.57. The van der Waals surface area contributed by atoms with Gasteiger partial charge in [0.2, 0.25) is 0 Å². The number of hydrogen-bond acceptors (Lipinski definition) is 2. The van der Waals surface area contributed by atoms with Gasteiger partial charge < -0.3 is 10.4 Å². The Morgan fingerprint density at radius 2 is 1.94 bits per heavy atom. The third-order valence-corrected chi connectivity index (χ3v) is 3.21. The van der Waals surface area contributed by atoms with E-state index in [1.807, 2.05) is 19.1 Å². The molecule has 0 saturated carbocycles. The van der Waals surface area contributed by atoms with Crippen LogP contribution in [0.1, 0.15) is 44.4 Å². The predicted octanol–water partition coefficient (Wildman–Crippen LogP) is 3.19. The Morgan fingerprint density at radius 1 is 1.28 bits per heavy atom. The van der Waals surface area contributed by atoms with E-state index in [1.165, 1.54) is 0 Å². The fourth-order valence-corrected chi connectivity index (χ4v) is 2.04. The molecule has 0 aliphatic rings. The van der Waals surface area contributed by atoms with E-state index in [9.17, 15) is 9.50 Å². The number of nitrogens with one attached hydrogen (secondary N) is 1. The first-order valence-electron chi connectivity index (χ1n) is 6.57. The van der Waals surface area contributed by atoms with E-state index in [-0.39, 0.29) is 18.0 Å². The van der Waals surface area contributed by atoms with Gasteiger partial charge in [-0.1, -0.05) is 19.1 Å². The van der Waals surface area contributed by atoms with Crippen LogP contribution in [-0.4, -0.2) is 17.8 Å². The lowest BCUT2D eigenvalue weighted by atomic mass is 10.0. The molecule has 1 aromatic rings. The summed E-state index contributed by atoms with van der Waals surface area (Å²) in [6.45, 7) is 8.51. The molecule has 0 spiro atoms. The molecule has 3 unspecified atom stereocenters. The molecule has 0 aliphatic carbocycles. The van der Waals surface area contributed by atoms with Crippen LogP contribution in [0.3, 0.4) is 0 Å². The summed E-state index contributed by atoms with van der Waals surface area (Å²) in [6, 6.07) is 5.47. The van der Waals surface area contributed by atoms with Gasteiger partial charge in [0.05, 0.1) is 6.10 Å². The Labute approximate surface area is 109 Å². The van der Waals surface area contributed by atoms with Crippen LogP contribution in [0.25, 0.3) is 0 Å². The molecule has 0 amide bonds. The molecule has 0 radical (unpaired) electrons. The molecule has 0 fully saturated rings. The minimum absolute atomic E-state index is 0.122. The second-order valence-electron chi connectivity index (χ2n) is 5.33. The highest BCUT2D eigenvalue weighted by molar-refractivity contribution is 5.25. The Balaban J connectivity index is 2.49. The molecule has 3 heteroatoms. The number of aryl methyl sites for hydroxylation is 1. The highest BCUT2D eigenvalue weighted by Gasteiger charge is 2.10. The Bertz CT molecular complexity index is 379. The van der Waals surface area contributed by atoms with Gasteiger partial charge in [0.15, 0.2) is 0 Å². The molecule has 0 aromatic heterocycles. The summed E-state index contributed by atoms with van der Waals surface area (Å²) < 4.78 is 13.4. The zero-order chi connectivity index (χ0) is 13.7. The first-order chi connectivity index (χ1) is 8.40. The van der Waals surface area contributed by atoms with Gasteiger partial charge in [-0.25, -0.2) is 4.39 Å². The third-order valence-electron chi connectivity index (χ3n) is 3.21. The summed E-state index contributed by atoms with van der Waals surface area (Å²) in [5.41, 5.74) is 1.63. The van der Waals surface area contributed by atoms with Gasteiger partial charge in [0.25, 0.3) is 0 Å². The van der Waals surface area contributed by atoms with Gasteiger partial charge in [-0.3, -0.25) is 0 Å². The van der Waals surface area contributed by atoms with Gasteiger partial charge in [-0.2, -0.15) is 0 Å². The van der Waals surface area contributed by atoms with E-state index < -0.39 is 0 Å². The fourth-order valence-electron chi connectivity index (χ4n) is 2.04. The van der Waals surface area contributed by atoms with E-state index in [2.05, 4.69) is 12.2 Å². The number of halogens is 1. The second-order valence-corrected chi connectivity index (χ2v) is 5.33. The highest BCUT2D eigenvalue weighted by atomic mass is 19.1. The van der Waals surface area contributed by atoms with E-state index in [0.717, 1.165) is 18.5 Å². The highest BCUT2D eigenvalue weighted by Crippen LogP contribution is 2.17. The molecular weight excluding hydrogens is 229 g/mol. The van der Waals surface area contributed by atoms with Gasteiger partial charge in [0.1, 0.15) is 5.82 Å². The molecule has 2 nitrogen and oxygen atoms in total. The van der Waals surface area contributed by atoms with Crippen LogP contribution in [-0.2, 0) is 0 Å². The summed E-state index contributed by atoms with van der Waals surface area (Å²) in [4.78, 5) is 0. The van der Waals surface area contributed by atoms with Crippen molar-refractivity contribution in [3.8, 4) is 0 Å². The molecule has 2 N–H and O–H groups in total. The lowest BCUT2D eigenvalue weighted by molar-refractivity contribution is 0.162. The van der Waals surface area contributed by atoms with Crippen LogP contribution in [0.4, 0.5) is 4.39 Å². The molecule has 1 aromatic carbocycles. The van der Waals surface area contributed by atoms with Gasteiger partial charge in [-0.05, 0) is 56.8 Å². The minimum Gasteiger partial charge on any atom is -0.393 e. The summed E-state index contributed by atoms with van der Waals surface area (Å²) in [5, 5.41) is 12.7. The molecule has 1 rings (SSSR count). The van der Waals surface area contributed by atoms with Gasteiger partial charge >= 0.3 is 0 Å². The summed E-state index contributed by atoms with van der Waals surface area (Å²) in [5.74, 6) is 0.251. The molecule has 18 heavy (non-hydrogen) atoms. The molecule has 3 atom stereocenters. The topological polar surface area (TPSA) is 32.3 Å². The Morgan fingerprint density at radius 3 is 2.50 bits per heavy atom. The number of hydrogen-bond donors (Lipinski definition) is 2. The molecule has 102 valence electrons. The standard InChI is InChI=1S/C15H24FNO/c1-10(7-12(3)18)9-17-13(4)14-6-5-11(2)15(16)8-14/h5-6,8,10,12-13,17-18H,7,9H2,1-4H3. The van der Waals surface area contributed by atoms with E-state index in [4.69, 9.17) is 0 Å². The number of aliphatic hydroxyl groups is 1. The minimum atomic E-state index is -0.270. The van der Waals surface area contributed by atoms with Crippen molar-refractivity contribution in [1.29, 1.82) is 0 Å². The summed E-state index contributed by atoms with van der Waals surface area (Å²) >= 11 is 0. The third kappa shape index (κ3) is 4.75. The summed E-state index contributed by atoms with van der Waals surface area (Å²) in [6.07, 6.45) is 0.510. The fraction of sp³-hybridized carbons (Fsp3) is 0.600. The van der Waals surface area contributed by atoms with Crippen LogP contribution in [0.15, 0.2) is 18.2 Å². The lowest BCUT2D eigenvalue weighted by Crippen LogP contribution is -2.26. The molecule has 0 aliphatic heterocycles. The largest absolute Gasteiger partial charge is 0.393 e. The van der Waals surface area contributed by atoms with Crippen molar-refractivity contribution in [2.75, 3.05) is 6.54 Å². The van der Waals surface area contributed by atoms with Crippen molar-refractivity contribution < 1.29 is 9.50 Å². The van der Waals surface area contributed by atoms with Crippen molar-refractivity contribution in [3.63, 3.8) is 0 Å². The Hall–Kier alpha value is -0.930. The zero-order valence-electron chi connectivity index (χ0n) is 11.7. The predicted molar refractivity (Wildman–Crippen MR) is 73.0 cm³/mol. The maximum absolute atomic E-state index is 13.4. The van der Waals surface area contributed by atoms with Crippen LogP contribution in [0, 0.1) is 18.7 Å². The van der Waals surface area contributed by atoms with Crippen molar-refractivity contribution in [3.05, 3.63) is 35.1 Å². The number of aliphatic hydroxyl groups excluding tert-OH is 1. The smallest absolute Gasteiger partial charge is 0.126 e. The molecular formula is C15H24FNO. The number of rotatable bonds is 6. The maximum atomic E-state index is 13.4. The van der Waals surface area contributed by atoms with Crippen LogP contribution in [0.2, 0.25) is 0 Å². The average Bonchev–Trinajstić information content (AvgIpc) is 2.28. The Kier molecular flexibility index (Phi) is 5.76. The second kappa shape index (κ2) is 6.86. The van der Waals surface area contributed by atoms with Gasteiger partial charge in [-0.15, -0.1) is 0 Å². The van der Waals surface area contributed by atoms with Crippen molar-refractivity contribution in [2.45, 2.75) is 46.3 Å². The van der Waals surface area contributed by atoms with Crippen molar-refractivity contribution in [1.82, 2.24) is 5.32 Å². The SMILES string of the molecule is Cc1ccc(C(C)NCC(C)CC(C)O)cc1F. The number of benzene rings is 1. The van der Waals surface area contributed by atoms with Crippen LogP contribution >= 0.6 is 0 Å². The van der Waals surface area contributed by atoms with Gasteiger partial charge in [0, 0.05) is 6.04 Å². The quantitative estimate of drug-likeness (QED) is 0.816. The van der Waals surface area contributed by atoms with E-state index >= 15 is 0 Å². The lowest BCUT2D eigenvalue weighted by Gasteiger charge is -2.19. The van der Waals surface area contributed by atoms with E-state index in [1.54, 1.807) is 19.9 Å². The van der Waals surface area contributed by atoms with E-state index in [0.29, 0.717) is 11.5 Å². The summed E-state index contributed by atoms with van der Waals surface area (Å²) in [7, 11) is 0. The van der Waals surface area contributed by atoms with Crippen LogP contribution in [0.5, 0.6) is 0 Å². The molecule has 0 bridgehead atoms. The van der Waals surface area contributed by atoms with Crippen molar-refractivity contribution in [2.24, 2.45) is 5.92 Å². The average molecular weight is 253 g/mol. The van der Waals surface area contributed by atoms with Crippen molar-refractivity contribution >= 4 is 0 Å². The molecule has 0 heterocycles. The molecule has 0 saturated heterocycles. The zero-order valence-corrected chi connectivity index (χ0v) is 11.7. The van der Waals surface area contributed by atoms with Crippen LogP contribution < -0.4 is 5.32 Å². The normalized spacial score (nSPS) is 16.3. The maximum Gasteiger partial charge on any atom is 0.126 e.